The first-order chi connectivity index (χ1) is 16.6. The summed E-state index contributed by atoms with van der Waals surface area (Å²) in [7, 11) is 0. The van der Waals surface area contributed by atoms with Crippen molar-refractivity contribution in [2.75, 3.05) is 19.6 Å². The van der Waals surface area contributed by atoms with Crippen LogP contribution >= 0.6 is 23.1 Å². The average Bonchev–Trinajstić information content (AvgIpc) is 3.31. The Morgan fingerprint density at radius 2 is 1.74 bits per heavy atom. The molecule has 3 heterocycles. The quantitative estimate of drug-likeness (QED) is 0.462. The molecular weight excluding hydrogens is 462 g/mol. The third kappa shape index (κ3) is 5.20. The van der Waals surface area contributed by atoms with Gasteiger partial charge in [0, 0.05) is 54.5 Å². The minimum atomic E-state index is 0.0169. The lowest BCUT2D eigenvalue weighted by Crippen LogP contribution is -2.45. The van der Waals surface area contributed by atoms with Gasteiger partial charge in [-0.05, 0) is 55.0 Å². The fourth-order valence-electron chi connectivity index (χ4n) is 4.74. The van der Waals surface area contributed by atoms with Crippen LogP contribution in [-0.4, -0.2) is 46.2 Å². The molecule has 34 heavy (non-hydrogen) atoms. The molecule has 1 aromatic heterocycles. The molecule has 0 atom stereocenters. The van der Waals surface area contributed by atoms with Gasteiger partial charge in [0.05, 0.1) is 0 Å². The number of hydrogen-bond donors (Lipinski definition) is 0. The van der Waals surface area contributed by atoms with Crippen molar-refractivity contribution in [2.24, 2.45) is 5.92 Å². The van der Waals surface area contributed by atoms with Crippen LogP contribution in [0.15, 0.2) is 58.3 Å². The zero-order valence-corrected chi connectivity index (χ0v) is 21.0. The van der Waals surface area contributed by atoms with Gasteiger partial charge in [-0.2, -0.15) is 0 Å². The molecule has 0 spiro atoms. The van der Waals surface area contributed by atoms with Crippen molar-refractivity contribution in [2.45, 2.75) is 42.8 Å². The number of likely N-dealkylation sites (tertiary alicyclic amines) is 1. The van der Waals surface area contributed by atoms with Gasteiger partial charge in [-0.25, -0.2) is 4.98 Å². The largest absolute Gasteiger partial charge is 0.339 e. The number of fused-ring (bicyclic) bond motifs is 1. The molecule has 2 aromatic carbocycles. The Morgan fingerprint density at radius 1 is 1.00 bits per heavy atom. The van der Waals surface area contributed by atoms with Crippen molar-refractivity contribution in [3.63, 3.8) is 0 Å². The van der Waals surface area contributed by atoms with Gasteiger partial charge in [-0.15, -0.1) is 11.3 Å². The predicted molar refractivity (Wildman–Crippen MR) is 137 cm³/mol. The number of carbonyl (C=O) groups excluding carboxylic acids is 2. The molecule has 0 unspecified atom stereocenters. The molecule has 0 bridgehead atoms. The molecule has 1 fully saturated rings. The first-order valence-corrected chi connectivity index (χ1v) is 13.7. The van der Waals surface area contributed by atoms with Crippen molar-refractivity contribution in [3.8, 4) is 0 Å². The van der Waals surface area contributed by atoms with Crippen molar-refractivity contribution in [3.05, 3.63) is 81.9 Å². The lowest BCUT2D eigenvalue weighted by molar-refractivity contribution is -0.137. The van der Waals surface area contributed by atoms with Crippen LogP contribution in [0.4, 0.5) is 0 Å². The summed E-state index contributed by atoms with van der Waals surface area (Å²) < 4.78 is 1.07. The van der Waals surface area contributed by atoms with Crippen LogP contribution in [0.2, 0.25) is 0 Å². The van der Waals surface area contributed by atoms with Crippen LogP contribution in [-0.2, 0) is 23.5 Å². The molecule has 2 aliphatic heterocycles. The summed E-state index contributed by atoms with van der Waals surface area (Å²) in [4.78, 5) is 34.5. The van der Waals surface area contributed by atoms with Gasteiger partial charge in [0.25, 0.3) is 5.91 Å². The minimum Gasteiger partial charge on any atom is -0.339 e. The van der Waals surface area contributed by atoms with Crippen molar-refractivity contribution < 1.29 is 9.59 Å². The maximum atomic E-state index is 13.1. The highest BCUT2D eigenvalue weighted by Crippen LogP contribution is 2.27. The summed E-state index contributed by atoms with van der Waals surface area (Å²) in [6.45, 7) is 4.79. The summed E-state index contributed by atoms with van der Waals surface area (Å²) in [5.41, 5.74) is 5.58. The molecule has 0 aliphatic carbocycles. The number of thioether (sulfide) groups is 1. The highest BCUT2D eigenvalue weighted by Gasteiger charge is 2.31. The smallest absolute Gasteiger partial charge is 0.253 e. The van der Waals surface area contributed by atoms with Crippen LogP contribution in [0.5, 0.6) is 0 Å². The third-order valence-electron chi connectivity index (χ3n) is 6.73. The monoisotopic (exact) mass is 491 g/mol. The first-order valence-electron chi connectivity index (χ1n) is 11.9. The number of thiazole rings is 1. The average molecular weight is 492 g/mol. The Balaban J connectivity index is 1.12. The Hall–Kier alpha value is -2.64. The van der Waals surface area contributed by atoms with Gasteiger partial charge in [-0.1, -0.05) is 48.2 Å². The summed E-state index contributed by atoms with van der Waals surface area (Å²) in [6.07, 6.45) is 2.41. The SMILES string of the molecule is Cc1csc(SCc2ccc(C(=O)N3CCC(C(=O)N4CCc5ccccc5C4)CC3)cc2)n1. The van der Waals surface area contributed by atoms with Gasteiger partial charge in [0.1, 0.15) is 4.34 Å². The number of piperidine rings is 1. The molecule has 0 N–H and O–H groups in total. The van der Waals surface area contributed by atoms with E-state index in [4.69, 9.17) is 0 Å². The molecule has 176 valence electrons. The van der Waals surface area contributed by atoms with Gasteiger partial charge >= 0.3 is 0 Å². The topological polar surface area (TPSA) is 53.5 Å². The van der Waals surface area contributed by atoms with E-state index in [1.54, 1.807) is 23.1 Å². The van der Waals surface area contributed by atoms with Crippen molar-refractivity contribution in [1.82, 2.24) is 14.8 Å². The zero-order valence-electron chi connectivity index (χ0n) is 19.4. The number of benzene rings is 2. The van der Waals surface area contributed by atoms with Gasteiger partial charge in [0.2, 0.25) is 5.91 Å². The Bertz CT molecular complexity index is 1170. The Labute approximate surface area is 209 Å². The zero-order chi connectivity index (χ0) is 23.5. The van der Waals surface area contributed by atoms with Crippen LogP contribution in [0.1, 0.15) is 45.6 Å². The third-order valence-corrected chi connectivity index (χ3v) is 8.94. The molecule has 2 aliphatic rings. The van der Waals surface area contributed by atoms with Crippen LogP contribution in [0, 0.1) is 12.8 Å². The van der Waals surface area contributed by atoms with Gasteiger partial charge < -0.3 is 9.80 Å². The fraction of sp³-hybridized carbons (Fsp3) is 0.370. The second-order valence-corrected chi connectivity index (χ2v) is 11.2. The second-order valence-electron chi connectivity index (χ2n) is 9.09. The van der Waals surface area contributed by atoms with E-state index in [1.807, 2.05) is 47.1 Å². The molecule has 5 rings (SSSR count). The van der Waals surface area contributed by atoms with Crippen molar-refractivity contribution in [1.29, 1.82) is 0 Å². The maximum absolute atomic E-state index is 13.1. The number of aromatic nitrogens is 1. The summed E-state index contributed by atoms with van der Waals surface area (Å²) in [5.74, 6) is 1.17. The molecule has 3 aromatic rings. The van der Waals surface area contributed by atoms with E-state index < -0.39 is 0 Å². The number of aryl methyl sites for hydroxylation is 1. The number of amides is 2. The number of carbonyl (C=O) groups is 2. The second kappa shape index (κ2) is 10.3. The van der Waals surface area contributed by atoms with E-state index in [2.05, 4.69) is 28.6 Å². The molecule has 2 amide bonds. The fourth-order valence-corrected chi connectivity index (χ4v) is 6.55. The first kappa shape index (κ1) is 23.1. The number of rotatable bonds is 5. The summed E-state index contributed by atoms with van der Waals surface area (Å²) in [6, 6.07) is 16.3. The Morgan fingerprint density at radius 3 is 2.44 bits per heavy atom. The minimum absolute atomic E-state index is 0.0169. The molecule has 5 nitrogen and oxygen atoms in total. The number of hydrogen-bond acceptors (Lipinski definition) is 5. The maximum Gasteiger partial charge on any atom is 0.253 e. The standard InChI is InChI=1S/C27H29N3O2S2/c1-19-17-33-27(28-19)34-18-20-6-8-22(9-7-20)25(31)29-13-11-23(12-14-29)26(32)30-15-10-21-4-2-3-5-24(21)16-30/h2-9,17,23H,10-16,18H2,1H3. The molecule has 7 heteroatoms. The van der Waals surface area contributed by atoms with E-state index in [0.29, 0.717) is 19.6 Å². The molecule has 1 saturated heterocycles. The van der Waals surface area contributed by atoms with E-state index in [1.165, 1.54) is 16.7 Å². The summed E-state index contributed by atoms with van der Waals surface area (Å²) >= 11 is 3.39. The van der Waals surface area contributed by atoms with Crippen LogP contribution in [0.3, 0.4) is 0 Å². The number of nitrogens with zero attached hydrogens (tertiary/aromatic N) is 3. The van der Waals surface area contributed by atoms with Crippen molar-refractivity contribution >= 4 is 34.9 Å². The predicted octanol–water partition coefficient (Wildman–Crippen LogP) is 5.18. The lowest BCUT2D eigenvalue weighted by Gasteiger charge is -2.36. The van der Waals surface area contributed by atoms with E-state index in [9.17, 15) is 9.59 Å². The van der Waals surface area contributed by atoms with Crippen LogP contribution in [0.25, 0.3) is 0 Å². The van der Waals surface area contributed by atoms with Gasteiger partial charge in [0.15, 0.2) is 0 Å². The van der Waals surface area contributed by atoms with E-state index in [-0.39, 0.29) is 17.7 Å². The Kier molecular flexibility index (Phi) is 7.02. The molecular formula is C27H29N3O2S2. The molecule has 0 saturated carbocycles. The highest BCUT2D eigenvalue weighted by molar-refractivity contribution is 8.00. The van der Waals surface area contributed by atoms with E-state index in [0.717, 1.165) is 47.2 Å². The van der Waals surface area contributed by atoms with Crippen LogP contribution < -0.4 is 0 Å². The normalized spacial score (nSPS) is 16.4. The van der Waals surface area contributed by atoms with Gasteiger partial charge in [-0.3, -0.25) is 9.59 Å². The molecule has 0 radical (unpaired) electrons. The highest BCUT2D eigenvalue weighted by atomic mass is 32.2. The van der Waals surface area contributed by atoms with E-state index >= 15 is 0 Å². The summed E-state index contributed by atoms with van der Waals surface area (Å²) in [5, 5.41) is 2.06. The lowest BCUT2D eigenvalue weighted by atomic mass is 9.92.